The van der Waals surface area contributed by atoms with Crippen molar-refractivity contribution in [2.24, 2.45) is 0 Å². The van der Waals surface area contributed by atoms with Crippen molar-refractivity contribution in [1.82, 2.24) is 19.3 Å². The van der Waals surface area contributed by atoms with E-state index >= 15 is 0 Å². The van der Waals surface area contributed by atoms with Gasteiger partial charge in [0.15, 0.2) is 5.78 Å². The number of hydrogen-bond donors (Lipinski definition) is 0. The van der Waals surface area contributed by atoms with Gasteiger partial charge in [0, 0.05) is 62.3 Å². The fraction of sp³-hybridized carbons (Fsp3) is 0.739. The molecule has 3 rings (SSSR count). The molecule has 2 aliphatic rings. The Labute approximate surface area is 175 Å². The van der Waals surface area contributed by atoms with Crippen LogP contribution in [-0.2, 0) is 4.79 Å². The van der Waals surface area contributed by atoms with E-state index in [0.29, 0.717) is 19.1 Å². The van der Waals surface area contributed by atoms with Crippen LogP contribution in [0.3, 0.4) is 0 Å². The molecule has 2 saturated heterocycles. The Morgan fingerprint density at radius 1 is 0.862 bits per heavy atom. The maximum Gasteiger partial charge on any atom is 0.236 e. The van der Waals surface area contributed by atoms with Gasteiger partial charge in [-0.15, -0.1) is 0 Å². The zero-order valence-corrected chi connectivity index (χ0v) is 18.7. The van der Waals surface area contributed by atoms with Crippen LogP contribution >= 0.6 is 0 Å². The van der Waals surface area contributed by atoms with Crippen LogP contribution in [0.15, 0.2) is 6.07 Å². The van der Waals surface area contributed by atoms with Crippen LogP contribution < -0.4 is 0 Å². The number of piperazine rings is 1. The van der Waals surface area contributed by atoms with E-state index in [0.717, 1.165) is 69.1 Å². The monoisotopic (exact) mass is 402 g/mol. The van der Waals surface area contributed by atoms with Crippen molar-refractivity contribution in [2.75, 3.05) is 52.4 Å². The molecule has 0 N–H and O–H groups in total. The van der Waals surface area contributed by atoms with Crippen molar-refractivity contribution in [3.05, 3.63) is 23.0 Å². The SMILES string of the molecule is Cc1cc(C(=O)CN2CCN(CC(=O)N3CCCCCC3)CC2)c(C)n1C(C)C. The number of carbonyl (C=O) groups excluding carboxylic acids is 2. The van der Waals surface area contributed by atoms with E-state index in [2.05, 4.69) is 35.1 Å². The number of aryl methyl sites for hydroxylation is 1. The summed E-state index contributed by atoms with van der Waals surface area (Å²) in [7, 11) is 0. The van der Waals surface area contributed by atoms with Gasteiger partial charge < -0.3 is 9.47 Å². The number of nitrogens with zero attached hydrogens (tertiary/aromatic N) is 4. The lowest BCUT2D eigenvalue weighted by atomic mass is 10.1. The van der Waals surface area contributed by atoms with E-state index in [-0.39, 0.29) is 11.7 Å². The van der Waals surface area contributed by atoms with E-state index < -0.39 is 0 Å². The molecule has 1 aromatic heterocycles. The van der Waals surface area contributed by atoms with Crippen LogP contribution in [0.2, 0.25) is 0 Å². The normalized spacial score (nSPS) is 19.6. The van der Waals surface area contributed by atoms with Crippen LogP contribution in [0.4, 0.5) is 0 Å². The molecule has 0 radical (unpaired) electrons. The van der Waals surface area contributed by atoms with E-state index in [9.17, 15) is 9.59 Å². The first-order valence-corrected chi connectivity index (χ1v) is 11.3. The summed E-state index contributed by atoms with van der Waals surface area (Å²) in [5, 5.41) is 0. The van der Waals surface area contributed by atoms with Crippen molar-refractivity contribution < 1.29 is 9.59 Å². The topological polar surface area (TPSA) is 48.8 Å². The summed E-state index contributed by atoms with van der Waals surface area (Å²) in [6.45, 7) is 14.7. The maximum atomic E-state index is 12.9. The third-order valence-corrected chi connectivity index (χ3v) is 6.45. The lowest BCUT2D eigenvalue weighted by molar-refractivity contribution is -0.132. The Morgan fingerprint density at radius 2 is 1.41 bits per heavy atom. The number of Topliss-reactive ketones (excluding diaryl/α,β-unsaturated/α-hetero) is 1. The number of ketones is 1. The first-order valence-electron chi connectivity index (χ1n) is 11.3. The van der Waals surface area contributed by atoms with Gasteiger partial charge in [-0.2, -0.15) is 0 Å². The summed E-state index contributed by atoms with van der Waals surface area (Å²) < 4.78 is 2.24. The van der Waals surface area contributed by atoms with Gasteiger partial charge in [-0.25, -0.2) is 0 Å². The summed E-state index contributed by atoms with van der Waals surface area (Å²) >= 11 is 0. The van der Waals surface area contributed by atoms with Crippen LogP contribution in [-0.4, -0.2) is 83.3 Å². The molecule has 0 saturated carbocycles. The maximum absolute atomic E-state index is 12.9. The molecular formula is C23H38N4O2. The first-order chi connectivity index (χ1) is 13.9. The highest BCUT2D eigenvalue weighted by Gasteiger charge is 2.25. The molecule has 6 heteroatoms. The number of likely N-dealkylation sites (tertiary alicyclic amines) is 1. The predicted octanol–water partition coefficient (Wildman–Crippen LogP) is 2.89. The summed E-state index contributed by atoms with van der Waals surface area (Å²) in [4.78, 5) is 32.0. The van der Waals surface area contributed by atoms with Crippen molar-refractivity contribution in [2.45, 2.75) is 59.4 Å². The van der Waals surface area contributed by atoms with Gasteiger partial charge in [0.1, 0.15) is 0 Å². The highest BCUT2D eigenvalue weighted by Crippen LogP contribution is 2.21. The molecule has 6 nitrogen and oxygen atoms in total. The predicted molar refractivity (Wildman–Crippen MR) is 117 cm³/mol. The van der Waals surface area contributed by atoms with Gasteiger partial charge in [-0.3, -0.25) is 19.4 Å². The van der Waals surface area contributed by atoms with Crippen LogP contribution in [0.25, 0.3) is 0 Å². The first kappa shape index (κ1) is 22.0. The van der Waals surface area contributed by atoms with Crippen LogP contribution in [0.5, 0.6) is 0 Å². The minimum Gasteiger partial charge on any atom is -0.346 e. The van der Waals surface area contributed by atoms with Gasteiger partial charge >= 0.3 is 0 Å². The van der Waals surface area contributed by atoms with E-state index in [4.69, 9.17) is 0 Å². The van der Waals surface area contributed by atoms with E-state index in [1.165, 1.54) is 12.8 Å². The largest absolute Gasteiger partial charge is 0.346 e. The highest BCUT2D eigenvalue weighted by molar-refractivity contribution is 5.99. The van der Waals surface area contributed by atoms with Crippen molar-refractivity contribution in [3.63, 3.8) is 0 Å². The molecular weight excluding hydrogens is 364 g/mol. The quantitative estimate of drug-likeness (QED) is 0.687. The van der Waals surface area contributed by atoms with Crippen LogP contribution in [0.1, 0.15) is 67.3 Å². The minimum atomic E-state index is 0.207. The molecule has 2 fully saturated rings. The van der Waals surface area contributed by atoms with Gasteiger partial charge in [0.25, 0.3) is 0 Å². The van der Waals surface area contributed by atoms with Gasteiger partial charge in [0.05, 0.1) is 13.1 Å². The van der Waals surface area contributed by atoms with Crippen molar-refractivity contribution in [3.8, 4) is 0 Å². The molecule has 0 aliphatic carbocycles. The fourth-order valence-corrected chi connectivity index (χ4v) is 4.86. The molecule has 1 amide bonds. The second-order valence-corrected chi connectivity index (χ2v) is 9.02. The molecule has 3 heterocycles. The molecule has 0 spiro atoms. The second-order valence-electron chi connectivity index (χ2n) is 9.02. The molecule has 0 bridgehead atoms. The third kappa shape index (κ3) is 5.48. The van der Waals surface area contributed by atoms with Crippen molar-refractivity contribution >= 4 is 11.7 Å². The van der Waals surface area contributed by atoms with Gasteiger partial charge in [-0.1, -0.05) is 12.8 Å². The average Bonchev–Trinajstić information content (AvgIpc) is 2.86. The Morgan fingerprint density at radius 3 is 1.93 bits per heavy atom. The van der Waals surface area contributed by atoms with Crippen LogP contribution in [0, 0.1) is 13.8 Å². The average molecular weight is 403 g/mol. The number of aromatic nitrogens is 1. The molecule has 1 aromatic rings. The minimum absolute atomic E-state index is 0.207. The molecule has 0 atom stereocenters. The molecule has 2 aliphatic heterocycles. The molecule has 29 heavy (non-hydrogen) atoms. The number of hydrogen-bond acceptors (Lipinski definition) is 4. The Kier molecular flexibility index (Phi) is 7.52. The summed E-state index contributed by atoms with van der Waals surface area (Å²) in [6, 6.07) is 2.40. The Bertz CT molecular complexity index is 709. The number of carbonyl (C=O) groups is 2. The lowest BCUT2D eigenvalue weighted by Gasteiger charge is -2.35. The molecule has 0 unspecified atom stereocenters. The zero-order chi connectivity index (χ0) is 21.0. The Balaban J connectivity index is 1.48. The second kappa shape index (κ2) is 9.90. The summed E-state index contributed by atoms with van der Waals surface area (Å²) in [5.74, 6) is 0.483. The fourth-order valence-electron chi connectivity index (χ4n) is 4.86. The number of amides is 1. The van der Waals surface area contributed by atoms with Gasteiger partial charge in [0.2, 0.25) is 5.91 Å². The molecule has 162 valence electrons. The molecule has 0 aromatic carbocycles. The third-order valence-electron chi connectivity index (χ3n) is 6.45. The smallest absolute Gasteiger partial charge is 0.236 e. The zero-order valence-electron chi connectivity index (χ0n) is 18.7. The van der Waals surface area contributed by atoms with E-state index in [1.807, 2.05) is 17.9 Å². The lowest BCUT2D eigenvalue weighted by Crippen LogP contribution is -2.51. The summed E-state index contributed by atoms with van der Waals surface area (Å²) in [6.07, 6.45) is 4.77. The standard InChI is InChI=1S/C23H38N4O2/c1-18(2)27-19(3)15-21(20(27)4)22(28)16-24-11-13-25(14-12-24)17-23(29)26-9-7-5-6-8-10-26/h15,18H,5-14,16-17H2,1-4H3. The Hall–Kier alpha value is -1.66. The van der Waals surface area contributed by atoms with Crippen molar-refractivity contribution in [1.29, 1.82) is 0 Å². The summed E-state index contributed by atoms with van der Waals surface area (Å²) in [5.41, 5.74) is 3.08. The van der Waals surface area contributed by atoms with Gasteiger partial charge in [-0.05, 0) is 46.6 Å². The van der Waals surface area contributed by atoms with E-state index in [1.54, 1.807) is 0 Å². The highest BCUT2D eigenvalue weighted by atomic mass is 16.2. The number of rotatable bonds is 6.